The molecule has 0 aromatic carbocycles. The van der Waals surface area contributed by atoms with Crippen LogP contribution in [-0.2, 0) is 0 Å². The Labute approximate surface area is 108 Å². The first-order chi connectivity index (χ1) is 8.58. The van der Waals surface area contributed by atoms with Gasteiger partial charge >= 0.3 is 0 Å². The zero-order valence-corrected chi connectivity index (χ0v) is 11.2. The van der Waals surface area contributed by atoms with E-state index in [1.807, 2.05) is 14.0 Å². The Bertz CT molecular complexity index is 465. The molecular weight excluding hydrogens is 226 g/mol. The van der Waals surface area contributed by atoms with Crippen molar-refractivity contribution in [2.75, 3.05) is 38.6 Å². The van der Waals surface area contributed by atoms with Crippen LogP contribution >= 0.6 is 0 Å². The van der Waals surface area contributed by atoms with Gasteiger partial charge in [-0.3, -0.25) is 0 Å². The Morgan fingerprint density at radius 2 is 2.33 bits per heavy atom. The molecule has 2 rings (SSSR count). The second-order valence-electron chi connectivity index (χ2n) is 5.10. The molecule has 1 aromatic rings. The lowest BCUT2D eigenvalue weighted by Gasteiger charge is -2.21. The van der Waals surface area contributed by atoms with Gasteiger partial charge in [0.2, 0.25) is 5.95 Å². The molecule has 1 aliphatic rings. The highest BCUT2D eigenvalue weighted by Gasteiger charge is 2.21. The van der Waals surface area contributed by atoms with Gasteiger partial charge in [-0.2, -0.15) is 5.26 Å². The molecule has 0 spiro atoms. The van der Waals surface area contributed by atoms with Crippen LogP contribution in [0.4, 0.5) is 5.95 Å². The molecule has 1 atom stereocenters. The van der Waals surface area contributed by atoms with Crippen LogP contribution in [0.1, 0.15) is 17.8 Å². The normalized spacial score (nSPS) is 19.8. The van der Waals surface area contributed by atoms with Gasteiger partial charge in [-0.25, -0.2) is 9.97 Å². The van der Waals surface area contributed by atoms with Crippen LogP contribution in [0.25, 0.3) is 0 Å². The van der Waals surface area contributed by atoms with Crippen LogP contribution < -0.4 is 4.90 Å². The van der Waals surface area contributed by atoms with Gasteiger partial charge < -0.3 is 9.80 Å². The molecule has 1 aliphatic heterocycles. The fourth-order valence-electron chi connectivity index (χ4n) is 2.43. The second-order valence-corrected chi connectivity index (χ2v) is 5.10. The first kappa shape index (κ1) is 12.8. The van der Waals surface area contributed by atoms with Gasteiger partial charge in [0.1, 0.15) is 11.8 Å². The van der Waals surface area contributed by atoms with Crippen molar-refractivity contribution in [2.24, 2.45) is 5.92 Å². The van der Waals surface area contributed by atoms with Crippen molar-refractivity contribution >= 4 is 5.95 Å². The third-order valence-electron chi connectivity index (χ3n) is 3.32. The molecule has 5 nitrogen and oxygen atoms in total. The van der Waals surface area contributed by atoms with E-state index in [1.165, 1.54) is 6.42 Å². The van der Waals surface area contributed by atoms with E-state index >= 15 is 0 Å². The van der Waals surface area contributed by atoms with Gasteiger partial charge in [-0.1, -0.05) is 0 Å². The van der Waals surface area contributed by atoms with E-state index in [0.717, 1.165) is 25.3 Å². The summed E-state index contributed by atoms with van der Waals surface area (Å²) in [5.74, 6) is 1.32. The van der Waals surface area contributed by atoms with E-state index in [0.29, 0.717) is 17.6 Å². The van der Waals surface area contributed by atoms with E-state index in [9.17, 15) is 0 Å². The maximum atomic E-state index is 8.92. The van der Waals surface area contributed by atoms with Crippen molar-refractivity contribution in [1.29, 1.82) is 5.26 Å². The smallest absolute Gasteiger partial charge is 0.226 e. The average Bonchev–Trinajstić information content (AvgIpc) is 2.73. The van der Waals surface area contributed by atoms with Crippen molar-refractivity contribution in [2.45, 2.75) is 13.3 Å². The molecule has 0 saturated carbocycles. The minimum atomic E-state index is 0.438. The molecule has 1 saturated heterocycles. The highest BCUT2D eigenvalue weighted by molar-refractivity contribution is 5.35. The number of aryl methyl sites for hydroxylation is 1. The Hall–Kier alpha value is -1.67. The maximum absolute atomic E-state index is 8.92. The van der Waals surface area contributed by atoms with Crippen LogP contribution in [0.3, 0.4) is 0 Å². The third kappa shape index (κ3) is 2.96. The lowest BCUT2D eigenvalue weighted by atomic mass is 10.1. The van der Waals surface area contributed by atoms with Crippen LogP contribution in [-0.4, -0.2) is 48.6 Å². The number of rotatable bonds is 3. The highest BCUT2D eigenvalue weighted by atomic mass is 15.2. The summed E-state index contributed by atoms with van der Waals surface area (Å²) in [6, 6.07) is 3.79. The maximum Gasteiger partial charge on any atom is 0.226 e. The zero-order valence-electron chi connectivity index (χ0n) is 11.2. The van der Waals surface area contributed by atoms with Crippen molar-refractivity contribution in [1.82, 2.24) is 14.9 Å². The summed E-state index contributed by atoms with van der Waals surface area (Å²) in [6.45, 7) is 5.12. The van der Waals surface area contributed by atoms with E-state index in [2.05, 4.69) is 32.9 Å². The Morgan fingerprint density at radius 1 is 1.56 bits per heavy atom. The third-order valence-corrected chi connectivity index (χ3v) is 3.32. The zero-order chi connectivity index (χ0) is 13.1. The van der Waals surface area contributed by atoms with Crippen LogP contribution in [0, 0.1) is 24.2 Å². The first-order valence-electron chi connectivity index (χ1n) is 6.24. The molecule has 0 aliphatic carbocycles. The van der Waals surface area contributed by atoms with Gasteiger partial charge in [0.05, 0.1) is 0 Å². The minimum Gasteiger partial charge on any atom is -0.344 e. The predicted octanol–water partition coefficient (Wildman–Crippen LogP) is 1.04. The van der Waals surface area contributed by atoms with E-state index in [1.54, 1.807) is 6.07 Å². The Kier molecular flexibility index (Phi) is 3.78. The summed E-state index contributed by atoms with van der Waals surface area (Å²) in [5.41, 5.74) is 1.28. The minimum absolute atomic E-state index is 0.438. The summed E-state index contributed by atoms with van der Waals surface area (Å²) in [5, 5.41) is 8.92. The van der Waals surface area contributed by atoms with Crippen molar-refractivity contribution in [3.05, 3.63) is 17.5 Å². The molecule has 1 unspecified atom stereocenters. The van der Waals surface area contributed by atoms with Crippen molar-refractivity contribution in [3.63, 3.8) is 0 Å². The number of nitrogens with zero attached hydrogens (tertiary/aromatic N) is 5. The number of hydrogen-bond donors (Lipinski definition) is 0. The molecule has 1 aromatic heterocycles. The average molecular weight is 245 g/mol. The molecular formula is C13H19N5. The van der Waals surface area contributed by atoms with E-state index in [4.69, 9.17) is 5.26 Å². The summed E-state index contributed by atoms with van der Waals surface area (Å²) in [7, 11) is 4.14. The van der Waals surface area contributed by atoms with Crippen LogP contribution in [0.15, 0.2) is 6.07 Å². The quantitative estimate of drug-likeness (QED) is 0.796. The Morgan fingerprint density at radius 3 is 2.94 bits per heavy atom. The standard InChI is InChI=1S/C13H19N5/c1-10-6-12(7-14)16-13(15-10)18(3)9-11-4-5-17(2)8-11/h6,11H,4-5,8-9H2,1-3H3. The second kappa shape index (κ2) is 5.32. The number of aromatic nitrogens is 2. The van der Waals surface area contributed by atoms with Gasteiger partial charge in [-0.05, 0) is 38.9 Å². The van der Waals surface area contributed by atoms with Gasteiger partial charge in [0.15, 0.2) is 0 Å². The molecule has 5 heteroatoms. The predicted molar refractivity (Wildman–Crippen MR) is 70.4 cm³/mol. The molecule has 0 N–H and O–H groups in total. The highest BCUT2D eigenvalue weighted by Crippen LogP contribution is 2.17. The van der Waals surface area contributed by atoms with Crippen LogP contribution in [0.5, 0.6) is 0 Å². The van der Waals surface area contributed by atoms with Crippen LogP contribution in [0.2, 0.25) is 0 Å². The molecule has 18 heavy (non-hydrogen) atoms. The number of likely N-dealkylation sites (tertiary alicyclic amines) is 1. The number of nitriles is 1. The monoisotopic (exact) mass is 245 g/mol. The summed E-state index contributed by atoms with van der Waals surface area (Å²) < 4.78 is 0. The fourth-order valence-corrected chi connectivity index (χ4v) is 2.43. The lowest BCUT2D eigenvalue weighted by Crippen LogP contribution is -2.28. The topological polar surface area (TPSA) is 56.1 Å². The van der Waals surface area contributed by atoms with Gasteiger partial charge in [-0.15, -0.1) is 0 Å². The summed E-state index contributed by atoms with van der Waals surface area (Å²) >= 11 is 0. The SMILES string of the molecule is Cc1cc(C#N)nc(N(C)CC2CCN(C)C2)n1. The molecule has 2 heterocycles. The first-order valence-corrected chi connectivity index (χ1v) is 6.24. The van der Waals surface area contributed by atoms with E-state index < -0.39 is 0 Å². The fraction of sp³-hybridized carbons (Fsp3) is 0.615. The largest absolute Gasteiger partial charge is 0.344 e. The molecule has 0 amide bonds. The van der Waals surface area contributed by atoms with Gasteiger partial charge in [0, 0.05) is 25.8 Å². The van der Waals surface area contributed by atoms with Crippen molar-refractivity contribution in [3.8, 4) is 6.07 Å². The van der Waals surface area contributed by atoms with Crippen molar-refractivity contribution < 1.29 is 0 Å². The number of anilines is 1. The van der Waals surface area contributed by atoms with E-state index in [-0.39, 0.29) is 0 Å². The molecule has 1 fully saturated rings. The molecule has 0 bridgehead atoms. The summed E-state index contributed by atoms with van der Waals surface area (Å²) in [4.78, 5) is 13.0. The lowest BCUT2D eigenvalue weighted by molar-refractivity contribution is 0.395. The number of hydrogen-bond acceptors (Lipinski definition) is 5. The molecule has 0 radical (unpaired) electrons. The summed E-state index contributed by atoms with van der Waals surface area (Å²) in [6.07, 6.45) is 1.22. The molecule has 96 valence electrons. The van der Waals surface area contributed by atoms with Gasteiger partial charge in [0.25, 0.3) is 0 Å². The Balaban J connectivity index is 2.06.